The van der Waals surface area contributed by atoms with E-state index in [0.717, 1.165) is 38.5 Å². The van der Waals surface area contributed by atoms with Gasteiger partial charge in [0.1, 0.15) is 13.2 Å². The zero-order valence-electron chi connectivity index (χ0n) is 39.3. The van der Waals surface area contributed by atoms with Crippen LogP contribution in [0.15, 0.2) is 12.2 Å². The number of allylic oxidation sites excluding steroid dienone is 1. The number of amides is 1. The molecule has 0 saturated carbocycles. The van der Waals surface area contributed by atoms with Crippen LogP contribution in [-0.2, 0) is 18.4 Å². The lowest BCUT2D eigenvalue weighted by Gasteiger charge is -2.25. The third-order valence-corrected chi connectivity index (χ3v) is 12.5. The first-order chi connectivity index (χ1) is 28.0. The number of quaternary nitrogens is 1. The number of carbonyl (C=O) groups excluding carboxylic acids is 1. The maximum atomic E-state index is 12.7. The molecule has 0 heterocycles. The lowest BCUT2D eigenvalue weighted by atomic mass is 10.0. The number of phosphoric acid groups is 1. The Balaban J connectivity index is 3.71. The highest BCUT2D eigenvalue weighted by Crippen LogP contribution is 2.43. The number of carbonyl (C=O) groups is 1. The Hall–Kier alpha value is -0.760. The molecule has 3 N–H and O–H groups in total. The fraction of sp³-hybridized carbons (Fsp3) is 0.939. The molecule has 0 aliphatic heterocycles. The van der Waals surface area contributed by atoms with Crippen molar-refractivity contribution in [3.8, 4) is 0 Å². The van der Waals surface area contributed by atoms with Crippen LogP contribution in [0, 0.1) is 0 Å². The summed E-state index contributed by atoms with van der Waals surface area (Å²) in [6, 6.07) is -0.837. The number of nitrogens with one attached hydrogen (secondary N) is 1. The number of rotatable bonds is 46. The van der Waals surface area contributed by atoms with E-state index in [1.54, 1.807) is 6.08 Å². The Kier molecular flexibility index (Phi) is 41.0. The Labute approximate surface area is 361 Å². The smallest absolute Gasteiger partial charge is 0.387 e. The van der Waals surface area contributed by atoms with Gasteiger partial charge in [-0.25, -0.2) is 4.57 Å². The largest absolute Gasteiger partial charge is 0.472 e. The minimum Gasteiger partial charge on any atom is -0.387 e. The topological polar surface area (TPSA) is 105 Å². The summed E-state index contributed by atoms with van der Waals surface area (Å²) in [5.74, 6) is -0.182. The summed E-state index contributed by atoms with van der Waals surface area (Å²) >= 11 is 0. The third kappa shape index (κ3) is 43.3. The number of likely N-dealkylation sites (N-methyl/N-ethyl adjacent to an activating group) is 1. The van der Waals surface area contributed by atoms with Gasteiger partial charge in [-0.05, 0) is 12.8 Å². The first-order valence-electron chi connectivity index (χ1n) is 25.1. The molecule has 0 saturated heterocycles. The van der Waals surface area contributed by atoms with Gasteiger partial charge in [0, 0.05) is 6.42 Å². The average Bonchev–Trinajstić information content (AvgIpc) is 3.17. The number of phosphoric ester groups is 1. The van der Waals surface area contributed by atoms with Crippen LogP contribution in [0.1, 0.15) is 245 Å². The van der Waals surface area contributed by atoms with Crippen molar-refractivity contribution in [3.63, 3.8) is 0 Å². The van der Waals surface area contributed by atoms with Gasteiger partial charge in [-0.15, -0.1) is 0 Å². The van der Waals surface area contributed by atoms with Crippen molar-refractivity contribution >= 4 is 13.7 Å². The number of nitrogens with zero attached hydrogens (tertiary/aromatic N) is 1. The molecule has 0 aromatic heterocycles. The van der Waals surface area contributed by atoms with Gasteiger partial charge in [-0.1, -0.05) is 238 Å². The van der Waals surface area contributed by atoms with E-state index in [2.05, 4.69) is 19.2 Å². The van der Waals surface area contributed by atoms with Crippen LogP contribution in [-0.4, -0.2) is 73.4 Å². The van der Waals surface area contributed by atoms with Gasteiger partial charge in [0.25, 0.3) is 0 Å². The molecule has 3 atom stereocenters. The summed E-state index contributed by atoms with van der Waals surface area (Å²) in [4.78, 5) is 22.9. The monoisotopic (exact) mass is 844 g/mol. The van der Waals surface area contributed by atoms with Crippen molar-refractivity contribution in [3.05, 3.63) is 12.2 Å². The molecule has 0 bridgehead atoms. The highest BCUT2D eigenvalue weighted by molar-refractivity contribution is 7.47. The summed E-state index contributed by atoms with van der Waals surface area (Å²) in [5.41, 5.74) is 0. The maximum absolute atomic E-state index is 12.7. The third-order valence-electron chi connectivity index (χ3n) is 11.5. The molecule has 58 heavy (non-hydrogen) atoms. The molecule has 346 valence electrons. The molecule has 8 nitrogen and oxygen atoms in total. The molecule has 0 aliphatic carbocycles. The first-order valence-corrected chi connectivity index (χ1v) is 26.6. The van der Waals surface area contributed by atoms with Gasteiger partial charge in [0.2, 0.25) is 5.91 Å². The predicted molar refractivity (Wildman–Crippen MR) is 249 cm³/mol. The Bertz CT molecular complexity index is 958. The molecule has 0 aliphatic rings. The van der Waals surface area contributed by atoms with Gasteiger partial charge in [-0.2, -0.15) is 0 Å². The molecule has 1 amide bonds. The normalized spacial score (nSPS) is 14.3. The van der Waals surface area contributed by atoms with Crippen LogP contribution in [0.25, 0.3) is 0 Å². The van der Waals surface area contributed by atoms with Crippen molar-refractivity contribution < 1.29 is 32.9 Å². The second kappa shape index (κ2) is 41.6. The Morgan fingerprint density at radius 1 is 0.569 bits per heavy atom. The quantitative estimate of drug-likeness (QED) is 0.0244. The standard InChI is InChI=1S/C49H99N2O6P/c1-6-8-10-12-13-14-15-16-17-18-19-20-21-22-23-24-25-26-27-28-29-30-31-32-33-34-35-36-37-38-39-41-43-49(53)50-47(48(52)42-40-11-9-7-2)46-57-58(54,55)56-45-44-51(3,4)5/h40,42,47-48,52H,6-39,41,43-46H2,1-5H3,(H-,50,53,54,55)/p+1/b42-40+. The molecule has 0 radical (unpaired) electrons. The zero-order valence-corrected chi connectivity index (χ0v) is 40.2. The first kappa shape index (κ1) is 57.2. The lowest BCUT2D eigenvalue weighted by Crippen LogP contribution is -2.45. The molecular weight excluding hydrogens is 744 g/mol. The van der Waals surface area contributed by atoms with E-state index < -0.39 is 20.0 Å². The molecule has 3 unspecified atom stereocenters. The van der Waals surface area contributed by atoms with Gasteiger partial charge >= 0.3 is 7.82 Å². The maximum Gasteiger partial charge on any atom is 0.472 e. The molecule has 0 rings (SSSR count). The summed E-state index contributed by atoms with van der Waals surface area (Å²) in [6.07, 6.45) is 49.6. The molecule has 0 aromatic rings. The molecular formula is C49H100N2O6P+. The average molecular weight is 844 g/mol. The van der Waals surface area contributed by atoms with E-state index in [0.29, 0.717) is 17.4 Å². The van der Waals surface area contributed by atoms with E-state index >= 15 is 0 Å². The molecule has 0 fully saturated rings. The summed E-state index contributed by atoms with van der Waals surface area (Å²) in [5, 5.41) is 13.6. The van der Waals surface area contributed by atoms with Crippen LogP contribution in [0.5, 0.6) is 0 Å². The summed E-state index contributed by atoms with van der Waals surface area (Å²) in [7, 11) is 1.58. The van der Waals surface area contributed by atoms with Gasteiger partial charge in [0.15, 0.2) is 0 Å². The van der Waals surface area contributed by atoms with Crippen molar-refractivity contribution in [2.75, 3.05) is 40.9 Å². The fourth-order valence-corrected chi connectivity index (χ4v) is 8.24. The van der Waals surface area contributed by atoms with E-state index in [1.807, 2.05) is 27.2 Å². The Morgan fingerprint density at radius 2 is 0.914 bits per heavy atom. The fourth-order valence-electron chi connectivity index (χ4n) is 7.50. The van der Waals surface area contributed by atoms with E-state index in [9.17, 15) is 19.4 Å². The molecule has 0 spiro atoms. The predicted octanol–water partition coefficient (Wildman–Crippen LogP) is 14.3. The van der Waals surface area contributed by atoms with Crippen LogP contribution >= 0.6 is 7.82 Å². The molecule has 9 heteroatoms. The molecule has 0 aromatic carbocycles. The van der Waals surface area contributed by atoms with Crippen LogP contribution in [0.3, 0.4) is 0 Å². The van der Waals surface area contributed by atoms with E-state index in [-0.39, 0.29) is 19.1 Å². The zero-order chi connectivity index (χ0) is 42.8. The summed E-state index contributed by atoms with van der Waals surface area (Å²) < 4.78 is 23.3. The number of hydrogen-bond donors (Lipinski definition) is 3. The van der Waals surface area contributed by atoms with Crippen LogP contribution in [0.2, 0.25) is 0 Å². The minimum absolute atomic E-state index is 0.0630. The van der Waals surface area contributed by atoms with Gasteiger partial charge in [-0.3, -0.25) is 13.8 Å². The van der Waals surface area contributed by atoms with Crippen molar-refractivity contribution in [2.45, 2.75) is 257 Å². The minimum atomic E-state index is -4.31. The number of hydrogen-bond acceptors (Lipinski definition) is 5. The highest BCUT2D eigenvalue weighted by Gasteiger charge is 2.27. The Morgan fingerprint density at radius 3 is 1.26 bits per heavy atom. The van der Waals surface area contributed by atoms with E-state index in [1.165, 1.54) is 186 Å². The van der Waals surface area contributed by atoms with Crippen molar-refractivity contribution in [1.82, 2.24) is 5.32 Å². The second-order valence-electron chi connectivity index (χ2n) is 18.6. The van der Waals surface area contributed by atoms with Crippen molar-refractivity contribution in [2.24, 2.45) is 0 Å². The van der Waals surface area contributed by atoms with Gasteiger partial charge < -0.3 is 19.8 Å². The number of unbranched alkanes of at least 4 members (excludes halogenated alkanes) is 33. The number of aliphatic hydroxyl groups is 1. The second-order valence-corrected chi connectivity index (χ2v) is 20.0. The van der Waals surface area contributed by atoms with Gasteiger partial charge in [0.05, 0.1) is 39.9 Å². The van der Waals surface area contributed by atoms with Crippen LogP contribution < -0.4 is 5.32 Å². The summed E-state index contributed by atoms with van der Waals surface area (Å²) in [6.45, 7) is 4.68. The SMILES string of the molecule is CCCC/C=C/C(O)C(COP(=O)(O)OCC[N+](C)(C)C)NC(=O)CCCCCCCCCCCCCCCCCCCCCCCCCCCCCCCCCC. The number of aliphatic hydroxyl groups excluding tert-OH is 1. The van der Waals surface area contributed by atoms with Crippen LogP contribution in [0.4, 0.5) is 0 Å². The lowest BCUT2D eigenvalue weighted by molar-refractivity contribution is -0.870. The highest BCUT2D eigenvalue weighted by atomic mass is 31.2. The van der Waals surface area contributed by atoms with Crippen molar-refractivity contribution in [1.29, 1.82) is 0 Å². The van der Waals surface area contributed by atoms with E-state index in [4.69, 9.17) is 9.05 Å².